The molecule has 0 saturated heterocycles. The quantitative estimate of drug-likeness (QED) is 0.472. The van der Waals surface area contributed by atoms with E-state index in [9.17, 15) is 0 Å². The second kappa shape index (κ2) is 6.09. The van der Waals surface area contributed by atoms with Crippen LogP contribution in [0.5, 0.6) is 0 Å². The molecule has 0 radical (unpaired) electrons. The Kier molecular flexibility index (Phi) is 6.06. The molecule has 0 spiro atoms. The molecule has 0 fully saturated rings. The molecule has 1 heteroatoms. The van der Waals surface area contributed by atoms with Crippen molar-refractivity contribution < 1.29 is 0 Å². The monoisotopic (exact) mass is 188 g/mol. The normalized spacial score (nSPS) is 13.0. The van der Waals surface area contributed by atoms with Crippen LogP contribution >= 0.6 is 15.9 Å². The molecule has 0 amide bonds. The Balaban J connectivity index is 3.55. The van der Waals surface area contributed by atoms with E-state index in [2.05, 4.69) is 41.1 Å². The largest absolute Gasteiger partial charge is 0.0925 e. The standard InChI is InChI=1S/C8H13Br/c1-3-5-8(2)6-4-7-9/h3,5-6H,4,7H2,1-2H3/b5-3+,8-6+. The smallest absolute Gasteiger partial charge is 0.00661 e. The zero-order chi connectivity index (χ0) is 7.11. The van der Waals surface area contributed by atoms with Crippen LogP contribution in [0.15, 0.2) is 23.8 Å². The van der Waals surface area contributed by atoms with E-state index in [4.69, 9.17) is 0 Å². The van der Waals surface area contributed by atoms with Crippen LogP contribution in [0.1, 0.15) is 20.3 Å². The molecule has 0 heterocycles. The Morgan fingerprint density at radius 1 is 1.56 bits per heavy atom. The summed E-state index contributed by atoms with van der Waals surface area (Å²) < 4.78 is 0. The van der Waals surface area contributed by atoms with Gasteiger partial charge in [-0.2, -0.15) is 0 Å². The van der Waals surface area contributed by atoms with Gasteiger partial charge in [0.1, 0.15) is 0 Å². The molecule has 0 aliphatic heterocycles. The lowest BCUT2D eigenvalue weighted by Crippen LogP contribution is -1.70. The highest BCUT2D eigenvalue weighted by Gasteiger charge is 1.78. The Bertz CT molecular complexity index is 112. The molecule has 0 unspecified atom stereocenters. The first-order chi connectivity index (χ1) is 4.31. The molecule has 0 bridgehead atoms. The highest BCUT2D eigenvalue weighted by molar-refractivity contribution is 9.09. The van der Waals surface area contributed by atoms with Crippen LogP contribution in [0, 0.1) is 0 Å². The van der Waals surface area contributed by atoms with Crippen molar-refractivity contribution in [2.75, 3.05) is 5.33 Å². The summed E-state index contributed by atoms with van der Waals surface area (Å²) in [4.78, 5) is 0. The lowest BCUT2D eigenvalue weighted by Gasteiger charge is -1.88. The lowest BCUT2D eigenvalue weighted by molar-refractivity contribution is 1.23. The van der Waals surface area contributed by atoms with Gasteiger partial charge >= 0.3 is 0 Å². The Labute approximate surface area is 65.8 Å². The summed E-state index contributed by atoms with van der Waals surface area (Å²) in [6.45, 7) is 4.15. The third kappa shape index (κ3) is 5.84. The van der Waals surface area contributed by atoms with Crippen molar-refractivity contribution in [3.63, 3.8) is 0 Å². The minimum atomic E-state index is 1.06. The van der Waals surface area contributed by atoms with E-state index >= 15 is 0 Å². The van der Waals surface area contributed by atoms with E-state index in [-0.39, 0.29) is 0 Å². The zero-order valence-corrected chi connectivity index (χ0v) is 7.61. The van der Waals surface area contributed by atoms with E-state index < -0.39 is 0 Å². The topological polar surface area (TPSA) is 0 Å². The van der Waals surface area contributed by atoms with Crippen LogP contribution in [0.25, 0.3) is 0 Å². The first-order valence-corrected chi connectivity index (χ1v) is 4.29. The summed E-state index contributed by atoms with van der Waals surface area (Å²) in [6, 6.07) is 0. The summed E-state index contributed by atoms with van der Waals surface area (Å²) in [6.07, 6.45) is 7.51. The van der Waals surface area contributed by atoms with Crippen molar-refractivity contribution in [3.8, 4) is 0 Å². The summed E-state index contributed by atoms with van der Waals surface area (Å²) in [5.74, 6) is 0. The second-order valence-corrected chi connectivity index (χ2v) is 2.72. The van der Waals surface area contributed by atoms with Crippen LogP contribution in [0.3, 0.4) is 0 Å². The molecule has 0 aromatic rings. The Morgan fingerprint density at radius 2 is 2.22 bits per heavy atom. The third-order valence-electron chi connectivity index (χ3n) is 1.00. The number of hydrogen-bond donors (Lipinski definition) is 0. The van der Waals surface area contributed by atoms with Crippen molar-refractivity contribution in [1.29, 1.82) is 0 Å². The van der Waals surface area contributed by atoms with Gasteiger partial charge in [-0.1, -0.05) is 39.7 Å². The summed E-state index contributed by atoms with van der Waals surface area (Å²) >= 11 is 3.36. The molecule has 0 aromatic carbocycles. The molecule has 9 heavy (non-hydrogen) atoms. The van der Waals surface area contributed by atoms with Gasteiger partial charge in [-0.3, -0.25) is 0 Å². The molecule has 0 aromatic heterocycles. The molecule has 0 saturated carbocycles. The predicted octanol–water partition coefficient (Wildman–Crippen LogP) is 3.29. The summed E-state index contributed by atoms with van der Waals surface area (Å²) in [5, 5.41) is 1.06. The van der Waals surface area contributed by atoms with Gasteiger partial charge in [-0.25, -0.2) is 0 Å². The van der Waals surface area contributed by atoms with Crippen LogP contribution in [-0.2, 0) is 0 Å². The molecular weight excluding hydrogens is 176 g/mol. The predicted molar refractivity (Wildman–Crippen MR) is 47.0 cm³/mol. The van der Waals surface area contributed by atoms with E-state index in [0.717, 1.165) is 11.8 Å². The van der Waals surface area contributed by atoms with Gasteiger partial charge in [-0.15, -0.1) is 0 Å². The fourth-order valence-corrected chi connectivity index (χ4v) is 0.842. The number of halogens is 1. The van der Waals surface area contributed by atoms with Gasteiger partial charge in [0.05, 0.1) is 0 Å². The van der Waals surface area contributed by atoms with Gasteiger partial charge in [0.2, 0.25) is 0 Å². The fraction of sp³-hybridized carbons (Fsp3) is 0.500. The highest BCUT2D eigenvalue weighted by atomic mass is 79.9. The van der Waals surface area contributed by atoms with E-state index in [1.54, 1.807) is 0 Å². The molecule has 0 nitrogen and oxygen atoms in total. The zero-order valence-electron chi connectivity index (χ0n) is 6.02. The van der Waals surface area contributed by atoms with Crippen LogP contribution in [-0.4, -0.2) is 5.33 Å². The molecule has 0 N–H and O–H groups in total. The summed E-state index contributed by atoms with van der Waals surface area (Å²) in [5.41, 5.74) is 1.34. The molecule has 0 atom stereocenters. The molecular formula is C8H13Br. The average molecular weight is 189 g/mol. The first kappa shape index (κ1) is 8.96. The second-order valence-electron chi connectivity index (χ2n) is 1.93. The fourth-order valence-electron chi connectivity index (χ4n) is 0.613. The van der Waals surface area contributed by atoms with E-state index in [1.807, 2.05) is 6.92 Å². The maximum absolute atomic E-state index is 3.36. The molecule has 0 aliphatic carbocycles. The van der Waals surface area contributed by atoms with Crippen LogP contribution < -0.4 is 0 Å². The van der Waals surface area contributed by atoms with Crippen molar-refractivity contribution in [1.82, 2.24) is 0 Å². The van der Waals surface area contributed by atoms with Gasteiger partial charge in [0.15, 0.2) is 0 Å². The third-order valence-corrected chi connectivity index (χ3v) is 1.46. The minimum absolute atomic E-state index is 1.06. The number of alkyl halides is 1. The average Bonchev–Trinajstić information content (AvgIpc) is 1.85. The number of hydrogen-bond acceptors (Lipinski definition) is 0. The van der Waals surface area contributed by atoms with Crippen molar-refractivity contribution in [2.45, 2.75) is 20.3 Å². The minimum Gasteiger partial charge on any atom is -0.0925 e. The van der Waals surface area contributed by atoms with Crippen LogP contribution in [0.2, 0.25) is 0 Å². The van der Waals surface area contributed by atoms with Crippen molar-refractivity contribution in [3.05, 3.63) is 23.8 Å². The molecule has 52 valence electrons. The molecule has 0 rings (SSSR count). The summed E-state index contributed by atoms with van der Waals surface area (Å²) in [7, 11) is 0. The van der Waals surface area contributed by atoms with Crippen molar-refractivity contribution >= 4 is 15.9 Å². The number of allylic oxidation sites excluding steroid dienone is 4. The Morgan fingerprint density at radius 3 is 2.67 bits per heavy atom. The lowest BCUT2D eigenvalue weighted by atomic mass is 10.2. The van der Waals surface area contributed by atoms with Crippen LogP contribution in [0.4, 0.5) is 0 Å². The number of rotatable bonds is 3. The van der Waals surface area contributed by atoms with E-state index in [1.165, 1.54) is 5.57 Å². The first-order valence-electron chi connectivity index (χ1n) is 3.16. The van der Waals surface area contributed by atoms with Gasteiger partial charge in [-0.05, 0) is 20.3 Å². The Hall–Kier alpha value is -0.0400. The van der Waals surface area contributed by atoms with Gasteiger partial charge < -0.3 is 0 Å². The maximum Gasteiger partial charge on any atom is 0.00661 e. The molecule has 0 aliphatic rings. The van der Waals surface area contributed by atoms with E-state index in [0.29, 0.717) is 0 Å². The van der Waals surface area contributed by atoms with Gasteiger partial charge in [0, 0.05) is 5.33 Å². The SMILES string of the molecule is C/C=C/C(C)=C/CCBr. The highest BCUT2D eigenvalue weighted by Crippen LogP contribution is 1.98. The van der Waals surface area contributed by atoms with Crippen molar-refractivity contribution in [2.24, 2.45) is 0 Å². The van der Waals surface area contributed by atoms with Gasteiger partial charge in [0.25, 0.3) is 0 Å². The maximum atomic E-state index is 3.36.